The van der Waals surface area contributed by atoms with Gasteiger partial charge in [0.2, 0.25) is 0 Å². The monoisotopic (exact) mass is 380 g/mol. The van der Waals surface area contributed by atoms with Crippen molar-refractivity contribution in [1.29, 1.82) is 0 Å². The lowest BCUT2D eigenvalue weighted by molar-refractivity contribution is 0.141. The van der Waals surface area contributed by atoms with Gasteiger partial charge >= 0.3 is 0 Å². The summed E-state index contributed by atoms with van der Waals surface area (Å²) in [6.45, 7) is 9.96. The Labute approximate surface area is 163 Å². The van der Waals surface area contributed by atoms with Crippen molar-refractivity contribution in [3.8, 4) is 0 Å². The maximum absolute atomic E-state index is 5.33. The van der Waals surface area contributed by atoms with E-state index in [1.54, 1.807) is 18.4 Å². The highest BCUT2D eigenvalue weighted by molar-refractivity contribution is 7.09. The summed E-state index contributed by atoms with van der Waals surface area (Å²) in [7, 11) is 1.79. The van der Waals surface area contributed by atoms with Crippen LogP contribution < -0.4 is 10.6 Å². The quantitative estimate of drug-likeness (QED) is 0.476. The molecule has 0 bridgehead atoms. The van der Waals surface area contributed by atoms with Gasteiger partial charge in [0, 0.05) is 51.1 Å². The molecule has 0 unspecified atom stereocenters. The number of hydrogen-bond donors (Lipinski definition) is 2. The first-order valence-electron chi connectivity index (χ1n) is 10.0. The summed E-state index contributed by atoms with van der Waals surface area (Å²) in [6.07, 6.45) is 7.24. The predicted octanol–water partition coefficient (Wildman–Crippen LogP) is 3.96. The number of methoxy groups -OCH3 is 1. The largest absolute Gasteiger partial charge is 0.385 e. The lowest BCUT2D eigenvalue weighted by atomic mass is 9.83. The van der Waals surface area contributed by atoms with E-state index in [0.717, 1.165) is 45.0 Å². The number of hydrogen-bond acceptors (Lipinski definition) is 4. The van der Waals surface area contributed by atoms with Crippen LogP contribution in [0.4, 0.5) is 0 Å². The van der Waals surface area contributed by atoms with E-state index in [0.29, 0.717) is 11.3 Å². The molecule has 1 aromatic heterocycles. The first-order valence-corrected chi connectivity index (χ1v) is 10.9. The number of thiazole rings is 1. The summed E-state index contributed by atoms with van der Waals surface area (Å²) < 4.78 is 5.33. The van der Waals surface area contributed by atoms with Crippen molar-refractivity contribution in [2.75, 3.05) is 33.4 Å². The molecular weight excluding hydrogens is 344 g/mol. The average Bonchev–Trinajstić information content (AvgIpc) is 3.28. The third kappa shape index (κ3) is 6.54. The van der Waals surface area contributed by atoms with Crippen molar-refractivity contribution in [3.05, 3.63) is 16.1 Å². The van der Waals surface area contributed by atoms with E-state index in [-0.39, 0.29) is 0 Å². The van der Waals surface area contributed by atoms with E-state index in [1.807, 2.05) is 0 Å². The van der Waals surface area contributed by atoms with Crippen LogP contribution >= 0.6 is 11.3 Å². The van der Waals surface area contributed by atoms with Gasteiger partial charge in [-0.05, 0) is 31.6 Å². The molecule has 1 aliphatic rings. The van der Waals surface area contributed by atoms with Crippen LogP contribution in [-0.2, 0) is 11.2 Å². The van der Waals surface area contributed by atoms with Gasteiger partial charge < -0.3 is 15.4 Å². The van der Waals surface area contributed by atoms with Crippen molar-refractivity contribution in [1.82, 2.24) is 15.6 Å². The van der Waals surface area contributed by atoms with Gasteiger partial charge in [-0.15, -0.1) is 11.3 Å². The van der Waals surface area contributed by atoms with Gasteiger partial charge in [0.1, 0.15) is 0 Å². The van der Waals surface area contributed by atoms with E-state index >= 15 is 0 Å². The molecule has 1 fully saturated rings. The SMILES string of the molecule is CCNC(=NCC1(CCOC)CCCC1)NCCc1csc(C(C)C)n1. The minimum atomic E-state index is 0.333. The predicted molar refractivity (Wildman–Crippen MR) is 111 cm³/mol. The molecule has 1 saturated carbocycles. The van der Waals surface area contributed by atoms with Crippen LogP contribution in [0, 0.1) is 5.41 Å². The number of aromatic nitrogens is 1. The van der Waals surface area contributed by atoms with Gasteiger partial charge in [-0.1, -0.05) is 26.7 Å². The second-order valence-electron chi connectivity index (χ2n) is 7.65. The molecule has 26 heavy (non-hydrogen) atoms. The molecule has 1 aliphatic carbocycles. The van der Waals surface area contributed by atoms with Crippen molar-refractivity contribution < 1.29 is 4.74 Å². The van der Waals surface area contributed by atoms with Crippen molar-refractivity contribution in [2.24, 2.45) is 10.4 Å². The fraction of sp³-hybridized carbons (Fsp3) is 0.800. The molecular formula is C20H36N4OS. The maximum Gasteiger partial charge on any atom is 0.191 e. The summed E-state index contributed by atoms with van der Waals surface area (Å²) in [6, 6.07) is 0. The van der Waals surface area contributed by atoms with Crippen LogP contribution in [0.2, 0.25) is 0 Å². The van der Waals surface area contributed by atoms with Crippen molar-refractivity contribution in [2.45, 2.75) is 65.2 Å². The lowest BCUT2D eigenvalue weighted by Gasteiger charge is -2.27. The molecule has 0 atom stereocenters. The first kappa shape index (κ1) is 21.2. The summed E-state index contributed by atoms with van der Waals surface area (Å²) in [5.74, 6) is 1.44. The van der Waals surface area contributed by atoms with Crippen LogP contribution in [0.15, 0.2) is 10.4 Å². The summed E-state index contributed by atoms with van der Waals surface area (Å²) in [4.78, 5) is 9.62. The number of ether oxygens (including phenoxy) is 1. The molecule has 1 heterocycles. The van der Waals surface area contributed by atoms with E-state index < -0.39 is 0 Å². The summed E-state index contributed by atoms with van der Waals surface area (Å²) in [5, 5.41) is 10.3. The Hall–Kier alpha value is -1.14. The molecule has 0 spiro atoms. The normalized spacial score (nSPS) is 17.0. The van der Waals surface area contributed by atoms with E-state index in [2.05, 4.69) is 36.8 Å². The highest BCUT2D eigenvalue weighted by atomic mass is 32.1. The molecule has 1 aromatic rings. The maximum atomic E-state index is 5.33. The minimum Gasteiger partial charge on any atom is -0.385 e. The molecule has 2 N–H and O–H groups in total. The van der Waals surface area contributed by atoms with Crippen LogP contribution in [0.5, 0.6) is 0 Å². The second kappa shape index (κ2) is 10.9. The zero-order chi connectivity index (χ0) is 18.8. The van der Waals surface area contributed by atoms with Crippen molar-refractivity contribution in [3.63, 3.8) is 0 Å². The average molecular weight is 381 g/mol. The summed E-state index contributed by atoms with van der Waals surface area (Å²) in [5.41, 5.74) is 1.51. The van der Waals surface area contributed by atoms with Gasteiger partial charge in [-0.3, -0.25) is 4.99 Å². The Morgan fingerprint density at radius 1 is 1.35 bits per heavy atom. The zero-order valence-electron chi connectivity index (χ0n) is 16.9. The van der Waals surface area contributed by atoms with Gasteiger partial charge in [0.05, 0.1) is 10.7 Å². The number of nitrogens with one attached hydrogen (secondary N) is 2. The smallest absolute Gasteiger partial charge is 0.191 e. The van der Waals surface area contributed by atoms with Crippen LogP contribution in [0.1, 0.15) is 69.5 Å². The molecule has 6 heteroatoms. The second-order valence-corrected chi connectivity index (χ2v) is 8.54. The Morgan fingerprint density at radius 2 is 2.12 bits per heavy atom. The van der Waals surface area contributed by atoms with Gasteiger partial charge in [-0.25, -0.2) is 4.98 Å². The molecule has 0 amide bonds. The number of aliphatic imine (C=N–C) groups is 1. The molecule has 0 saturated heterocycles. The van der Waals surface area contributed by atoms with Gasteiger partial charge in [-0.2, -0.15) is 0 Å². The third-order valence-corrected chi connectivity index (χ3v) is 6.35. The molecule has 148 valence electrons. The Balaban J connectivity index is 1.86. The minimum absolute atomic E-state index is 0.333. The standard InChI is InChI=1S/C20H36N4OS/c1-5-21-19(22-12-8-17-14-26-18(24-17)16(2)3)23-15-20(11-13-25-4)9-6-7-10-20/h14,16H,5-13,15H2,1-4H3,(H2,21,22,23). The number of rotatable bonds is 10. The zero-order valence-corrected chi connectivity index (χ0v) is 17.8. The Morgan fingerprint density at radius 3 is 2.73 bits per heavy atom. The number of guanidine groups is 1. The molecule has 2 rings (SSSR count). The molecule has 5 nitrogen and oxygen atoms in total. The fourth-order valence-electron chi connectivity index (χ4n) is 3.53. The van der Waals surface area contributed by atoms with Gasteiger partial charge in [0.25, 0.3) is 0 Å². The molecule has 0 aliphatic heterocycles. The highest BCUT2D eigenvalue weighted by Crippen LogP contribution is 2.41. The fourth-order valence-corrected chi connectivity index (χ4v) is 4.40. The topological polar surface area (TPSA) is 58.5 Å². The van der Waals surface area contributed by atoms with Crippen molar-refractivity contribution >= 4 is 17.3 Å². The molecule has 0 aromatic carbocycles. The Bertz CT molecular complexity index is 550. The van der Waals surface area contributed by atoms with Crippen LogP contribution in [0.3, 0.4) is 0 Å². The Kier molecular flexibility index (Phi) is 8.85. The van der Waals surface area contributed by atoms with E-state index in [4.69, 9.17) is 14.7 Å². The first-order chi connectivity index (χ1) is 12.6. The van der Waals surface area contributed by atoms with E-state index in [9.17, 15) is 0 Å². The van der Waals surface area contributed by atoms with Crippen LogP contribution in [0.25, 0.3) is 0 Å². The molecule has 0 radical (unpaired) electrons. The third-order valence-electron chi connectivity index (χ3n) is 5.15. The summed E-state index contributed by atoms with van der Waals surface area (Å²) >= 11 is 1.76. The lowest BCUT2D eigenvalue weighted by Crippen LogP contribution is -2.39. The van der Waals surface area contributed by atoms with Gasteiger partial charge in [0.15, 0.2) is 5.96 Å². The van der Waals surface area contributed by atoms with Crippen LogP contribution in [-0.4, -0.2) is 44.3 Å². The number of nitrogens with zero attached hydrogens (tertiary/aromatic N) is 2. The highest BCUT2D eigenvalue weighted by Gasteiger charge is 2.33. The van der Waals surface area contributed by atoms with E-state index in [1.165, 1.54) is 36.4 Å².